The highest BCUT2D eigenvalue weighted by atomic mass is 79.9. The van der Waals surface area contributed by atoms with Crippen LogP contribution in [0.3, 0.4) is 0 Å². The zero-order valence-electron chi connectivity index (χ0n) is 13.1. The van der Waals surface area contributed by atoms with Crippen molar-refractivity contribution in [2.45, 2.75) is 43.5 Å². The standard InChI is InChI=1S/C16H20Br2N2O2/c1-10(2)22-13-7-5-12(6-8-13)11(3)19-20-14(21)15(4)9-16(15,17)18/h5-8,10H,9H2,1-4H3,(H,20,21)/b19-11-/t15-/m1/s1. The van der Waals surface area contributed by atoms with Crippen LogP contribution in [0.15, 0.2) is 29.4 Å². The van der Waals surface area contributed by atoms with E-state index in [0.717, 1.165) is 23.4 Å². The maximum atomic E-state index is 12.2. The molecule has 1 amide bonds. The molecule has 22 heavy (non-hydrogen) atoms. The van der Waals surface area contributed by atoms with Crippen LogP contribution in [-0.2, 0) is 4.79 Å². The predicted molar refractivity (Wildman–Crippen MR) is 95.9 cm³/mol. The molecule has 120 valence electrons. The first-order chi connectivity index (χ1) is 10.2. The maximum absolute atomic E-state index is 12.2. The molecule has 4 nitrogen and oxygen atoms in total. The van der Waals surface area contributed by atoms with Gasteiger partial charge < -0.3 is 4.74 Å². The summed E-state index contributed by atoms with van der Waals surface area (Å²) in [6.07, 6.45) is 0.884. The first-order valence-corrected chi connectivity index (χ1v) is 8.74. The number of nitrogens with one attached hydrogen (secondary N) is 1. The second-order valence-corrected chi connectivity index (χ2v) is 9.81. The fraction of sp³-hybridized carbons (Fsp3) is 0.500. The van der Waals surface area contributed by atoms with Crippen LogP contribution in [0.5, 0.6) is 5.75 Å². The minimum absolute atomic E-state index is 0.0969. The van der Waals surface area contributed by atoms with Gasteiger partial charge in [0.25, 0.3) is 0 Å². The fourth-order valence-corrected chi connectivity index (χ4v) is 3.50. The molecule has 1 saturated carbocycles. The number of hydrogen-bond donors (Lipinski definition) is 1. The molecule has 0 bridgehead atoms. The highest BCUT2D eigenvalue weighted by molar-refractivity contribution is 9.25. The molecule has 0 aromatic heterocycles. The van der Waals surface area contributed by atoms with Crippen LogP contribution < -0.4 is 10.2 Å². The van der Waals surface area contributed by atoms with E-state index in [4.69, 9.17) is 4.74 Å². The summed E-state index contributed by atoms with van der Waals surface area (Å²) >= 11 is 6.96. The van der Waals surface area contributed by atoms with Gasteiger partial charge in [0, 0.05) is 0 Å². The number of ether oxygens (including phenoxy) is 1. The Bertz CT molecular complexity index is 597. The third-order valence-electron chi connectivity index (χ3n) is 3.73. The number of hydrazone groups is 1. The molecule has 0 unspecified atom stereocenters. The van der Waals surface area contributed by atoms with Crippen LogP contribution in [0.1, 0.15) is 39.7 Å². The van der Waals surface area contributed by atoms with Gasteiger partial charge in [-0.1, -0.05) is 31.9 Å². The average molecular weight is 432 g/mol. The van der Waals surface area contributed by atoms with E-state index < -0.39 is 5.41 Å². The van der Waals surface area contributed by atoms with Crippen LogP contribution in [0, 0.1) is 5.41 Å². The number of carbonyl (C=O) groups excluding carboxylic acids is 1. The summed E-state index contributed by atoms with van der Waals surface area (Å²) in [5, 5.41) is 4.19. The molecule has 1 N–H and O–H groups in total. The molecule has 0 saturated heterocycles. The Balaban J connectivity index is 1.99. The number of rotatable bonds is 5. The van der Waals surface area contributed by atoms with Gasteiger partial charge in [-0.2, -0.15) is 5.10 Å². The number of hydrogen-bond acceptors (Lipinski definition) is 3. The van der Waals surface area contributed by atoms with Gasteiger partial charge in [-0.3, -0.25) is 4.79 Å². The third kappa shape index (κ3) is 3.71. The van der Waals surface area contributed by atoms with Gasteiger partial charge in [-0.05, 0) is 63.9 Å². The second kappa shape index (κ2) is 6.32. The summed E-state index contributed by atoms with van der Waals surface area (Å²) in [6.45, 7) is 7.74. The smallest absolute Gasteiger partial charge is 0.248 e. The fourth-order valence-electron chi connectivity index (χ4n) is 2.02. The van der Waals surface area contributed by atoms with Crippen molar-refractivity contribution >= 4 is 43.5 Å². The van der Waals surface area contributed by atoms with Gasteiger partial charge in [0.15, 0.2) is 0 Å². The predicted octanol–water partition coefficient (Wildman–Crippen LogP) is 4.21. The van der Waals surface area contributed by atoms with Gasteiger partial charge in [0.1, 0.15) is 5.75 Å². The highest BCUT2D eigenvalue weighted by Crippen LogP contribution is 2.66. The first-order valence-electron chi connectivity index (χ1n) is 7.15. The molecule has 6 heteroatoms. The van der Waals surface area contributed by atoms with Gasteiger partial charge in [0.05, 0.1) is 20.5 Å². The Kier molecular flexibility index (Phi) is 5.02. The number of amides is 1. The molecule has 1 aromatic carbocycles. The molecule has 1 aliphatic carbocycles. The summed E-state index contributed by atoms with van der Waals surface area (Å²) < 4.78 is 5.29. The van der Waals surface area contributed by atoms with Gasteiger partial charge in [0.2, 0.25) is 5.91 Å². The molecule has 1 aliphatic rings. The van der Waals surface area contributed by atoms with E-state index in [9.17, 15) is 4.79 Å². The average Bonchev–Trinajstić information content (AvgIpc) is 2.96. The van der Waals surface area contributed by atoms with Crippen molar-refractivity contribution in [1.82, 2.24) is 5.43 Å². The Morgan fingerprint density at radius 2 is 1.86 bits per heavy atom. The van der Waals surface area contributed by atoms with Crippen molar-refractivity contribution in [3.8, 4) is 5.75 Å². The number of carbonyl (C=O) groups is 1. The summed E-state index contributed by atoms with van der Waals surface area (Å²) in [6, 6.07) is 7.67. The van der Waals surface area contributed by atoms with Crippen LogP contribution in [0.4, 0.5) is 0 Å². The van der Waals surface area contributed by atoms with Crippen molar-refractivity contribution in [2.75, 3.05) is 0 Å². The molecular weight excluding hydrogens is 412 g/mol. The topological polar surface area (TPSA) is 50.7 Å². The van der Waals surface area contributed by atoms with E-state index in [1.54, 1.807) is 0 Å². The molecule has 0 aliphatic heterocycles. The van der Waals surface area contributed by atoms with E-state index in [0.29, 0.717) is 0 Å². The molecule has 1 aromatic rings. The monoisotopic (exact) mass is 430 g/mol. The van der Waals surface area contributed by atoms with E-state index in [2.05, 4.69) is 42.4 Å². The van der Waals surface area contributed by atoms with E-state index in [1.807, 2.05) is 52.0 Å². The summed E-state index contributed by atoms with van der Waals surface area (Å²) in [5.41, 5.74) is 3.88. The molecular formula is C16H20Br2N2O2. The molecule has 0 spiro atoms. The van der Waals surface area contributed by atoms with Crippen molar-refractivity contribution in [3.05, 3.63) is 29.8 Å². The molecule has 1 atom stereocenters. The van der Waals surface area contributed by atoms with E-state index in [-0.39, 0.29) is 15.2 Å². The Morgan fingerprint density at radius 3 is 2.32 bits per heavy atom. The quantitative estimate of drug-likeness (QED) is 0.431. The third-order valence-corrected chi connectivity index (χ3v) is 6.04. The van der Waals surface area contributed by atoms with Gasteiger partial charge >= 0.3 is 0 Å². The van der Waals surface area contributed by atoms with Crippen molar-refractivity contribution in [1.29, 1.82) is 0 Å². The number of halogens is 2. The lowest BCUT2D eigenvalue weighted by Gasteiger charge is -2.11. The molecule has 2 rings (SSSR count). The Labute approximate surface area is 148 Å². The maximum Gasteiger partial charge on any atom is 0.248 e. The van der Waals surface area contributed by atoms with Gasteiger partial charge in [-0.25, -0.2) is 5.43 Å². The summed E-state index contributed by atoms with van der Waals surface area (Å²) in [5.74, 6) is 0.727. The summed E-state index contributed by atoms with van der Waals surface area (Å²) in [7, 11) is 0. The van der Waals surface area contributed by atoms with Gasteiger partial charge in [-0.15, -0.1) is 0 Å². The summed E-state index contributed by atoms with van der Waals surface area (Å²) in [4.78, 5) is 12.2. The lowest BCUT2D eigenvalue weighted by Crippen LogP contribution is -2.30. The number of benzene rings is 1. The zero-order valence-corrected chi connectivity index (χ0v) is 16.3. The van der Waals surface area contributed by atoms with Crippen LogP contribution in [0.25, 0.3) is 0 Å². The van der Waals surface area contributed by atoms with Crippen molar-refractivity contribution < 1.29 is 9.53 Å². The van der Waals surface area contributed by atoms with Crippen molar-refractivity contribution in [3.63, 3.8) is 0 Å². The van der Waals surface area contributed by atoms with Crippen LogP contribution >= 0.6 is 31.9 Å². The van der Waals surface area contributed by atoms with Crippen LogP contribution in [0.2, 0.25) is 0 Å². The molecule has 1 fully saturated rings. The van der Waals surface area contributed by atoms with E-state index >= 15 is 0 Å². The molecule has 0 heterocycles. The first kappa shape index (κ1) is 17.5. The molecule has 0 radical (unpaired) electrons. The Morgan fingerprint density at radius 1 is 1.32 bits per heavy atom. The zero-order chi connectivity index (χ0) is 16.5. The lowest BCUT2D eigenvalue weighted by molar-refractivity contribution is -0.125. The largest absolute Gasteiger partial charge is 0.491 e. The van der Waals surface area contributed by atoms with Crippen LogP contribution in [-0.4, -0.2) is 21.0 Å². The SMILES string of the molecule is C/C(=N/NC(=O)[C@@]1(C)CC1(Br)Br)c1ccc(OC(C)C)cc1. The number of nitrogens with zero attached hydrogens (tertiary/aromatic N) is 1. The normalized spacial score (nSPS) is 23.3. The minimum Gasteiger partial charge on any atom is -0.491 e. The Hall–Kier alpha value is -0.880. The minimum atomic E-state index is -0.467. The highest BCUT2D eigenvalue weighted by Gasteiger charge is 2.66. The van der Waals surface area contributed by atoms with E-state index in [1.165, 1.54) is 0 Å². The lowest BCUT2D eigenvalue weighted by atomic mass is 10.1. The second-order valence-electron chi connectivity index (χ2n) is 6.04. The van der Waals surface area contributed by atoms with Crippen molar-refractivity contribution in [2.24, 2.45) is 10.5 Å². The number of alkyl halides is 2.